The summed E-state index contributed by atoms with van der Waals surface area (Å²) in [6.45, 7) is 2.77. The predicted molar refractivity (Wildman–Crippen MR) is 138 cm³/mol. The average Bonchev–Trinajstić information content (AvgIpc) is 2.89. The van der Waals surface area contributed by atoms with Crippen molar-refractivity contribution in [3.8, 4) is 22.6 Å². The molecule has 0 N–H and O–H groups in total. The Hall–Kier alpha value is -2.87. The molecule has 1 saturated heterocycles. The molecule has 3 aromatic rings. The summed E-state index contributed by atoms with van der Waals surface area (Å²) in [6.07, 6.45) is 1.23. The Morgan fingerprint density at radius 1 is 0.771 bits per heavy atom. The predicted octanol–water partition coefficient (Wildman–Crippen LogP) is 4.96. The highest BCUT2D eigenvalue weighted by molar-refractivity contribution is 7.92. The summed E-state index contributed by atoms with van der Waals surface area (Å²) in [5.74, 6) is 1.51. The van der Waals surface area contributed by atoms with Crippen molar-refractivity contribution in [2.24, 2.45) is 0 Å². The Bertz CT molecular complexity index is 1190. The summed E-state index contributed by atoms with van der Waals surface area (Å²) < 4.78 is 42.5. The number of hydrogen-bond donors (Lipinski definition) is 0. The van der Waals surface area contributed by atoms with Crippen molar-refractivity contribution in [3.05, 3.63) is 77.9 Å². The van der Waals surface area contributed by atoms with Gasteiger partial charge in [0.1, 0.15) is 11.5 Å². The largest absolute Gasteiger partial charge is 0.497 e. The number of sulfone groups is 1. The zero-order valence-electron chi connectivity index (χ0n) is 20.6. The molecule has 1 aliphatic rings. The maximum absolute atomic E-state index is 13.3. The van der Waals surface area contributed by atoms with Crippen molar-refractivity contribution >= 4 is 9.84 Å². The average molecular weight is 496 g/mol. The summed E-state index contributed by atoms with van der Waals surface area (Å²) in [4.78, 5) is 2.68. The number of rotatable bonds is 9. The third-order valence-corrected chi connectivity index (χ3v) is 8.85. The molecule has 0 aliphatic carbocycles. The van der Waals surface area contributed by atoms with Gasteiger partial charge in [-0.2, -0.15) is 0 Å². The maximum Gasteiger partial charge on any atom is 0.181 e. The number of hydrogen-bond acceptors (Lipinski definition) is 6. The fourth-order valence-electron chi connectivity index (χ4n) is 4.58. The molecular weight excluding hydrogens is 462 g/mol. The highest BCUT2D eigenvalue weighted by atomic mass is 32.2. The first-order valence-electron chi connectivity index (χ1n) is 11.8. The molecule has 0 aromatic heterocycles. The quantitative estimate of drug-likeness (QED) is 0.418. The van der Waals surface area contributed by atoms with E-state index in [0.29, 0.717) is 24.3 Å². The molecule has 0 spiro atoms. The number of benzene rings is 3. The van der Waals surface area contributed by atoms with Crippen molar-refractivity contribution in [1.29, 1.82) is 0 Å². The van der Waals surface area contributed by atoms with E-state index in [1.807, 2.05) is 54.6 Å². The lowest BCUT2D eigenvalue weighted by molar-refractivity contribution is 0.185. The summed E-state index contributed by atoms with van der Waals surface area (Å²) >= 11 is 0. The lowest BCUT2D eigenvalue weighted by Crippen LogP contribution is -2.38. The highest BCUT2D eigenvalue weighted by Gasteiger charge is 2.31. The molecule has 0 radical (unpaired) electrons. The van der Waals surface area contributed by atoms with Gasteiger partial charge in [0.15, 0.2) is 9.84 Å². The van der Waals surface area contributed by atoms with Gasteiger partial charge in [0.25, 0.3) is 0 Å². The van der Waals surface area contributed by atoms with E-state index in [4.69, 9.17) is 14.2 Å². The summed E-state index contributed by atoms with van der Waals surface area (Å²) in [7, 11) is 1.58. The summed E-state index contributed by atoms with van der Waals surface area (Å²) in [6, 6.07) is 21.2. The number of methoxy groups -OCH3 is 3. The number of likely N-dealkylation sites (tertiary alicyclic amines) is 1. The molecule has 0 bridgehead atoms. The van der Waals surface area contributed by atoms with Crippen molar-refractivity contribution in [2.75, 3.05) is 34.4 Å². The van der Waals surface area contributed by atoms with Gasteiger partial charge in [0.2, 0.25) is 0 Å². The second kappa shape index (κ2) is 11.2. The Labute approximate surface area is 208 Å². The van der Waals surface area contributed by atoms with E-state index in [1.54, 1.807) is 33.5 Å². The van der Waals surface area contributed by atoms with Crippen LogP contribution < -0.4 is 9.47 Å². The molecule has 0 unspecified atom stereocenters. The zero-order valence-corrected chi connectivity index (χ0v) is 21.4. The second-order valence-corrected chi connectivity index (χ2v) is 11.1. The molecule has 186 valence electrons. The minimum Gasteiger partial charge on any atom is -0.497 e. The molecule has 1 fully saturated rings. The van der Waals surface area contributed by atoms with E-state index in [1.165, 1.54) is 0 Å². The third-order valence-electron chi connectivity index (χ3n) is 6.57. The summed E-state index contributed by atoms with van der Waals surface area (Å²) in [5.41, 5.74) is 4.24. The van der Waals surface area contributed by atoms with Crippen LogP contribution in [0.3, 0.4) is 0 Å². The Balaban J connectivity index is 1.38. The molecule has 1 heterocycles. The van der Waals surface area contributed by atoms with Crippen molar-refractivity contribution < 1.29 is 22.6 Å². The minimum atomic E-state index is -3.38. The van der Waals surface area contributed by atoms with Crippen molar-refractivity contribution in [2.45, 2.75) is 36.1 Å². The first-order chi connectivity index (χ1) is 16.9. The van der Waals surface area contributed by atoms with Crippen molar-refractivity contribution in [1.82, 2.24) is 4.90 Å². The van der Waals surface area contributed by atoms with Gasteiger partial charge < -0.3 is 14.2 Å². The monoisotopic (exact) mass is 495 g/mol. The van der Waals surface area contributed by atoms with Crippen LogP contribution in [0.25, 0.3) is 11.1 Å². The van der Waals surface area contributed by atoms with Crippen LogP contribution in [0.4, 0.5) is 0 Å². The topological polar surface area (TPSA) is 65.1 Å². The SMILES string of the molecule is COCc1ccc(-c2ccc(S(=O)(=O)C3CCN(Cc4cc(OC)cc(OC)c4)CC3)cc2)cc1. The van der Waals surface area contributed by atoms with Crippen LogP contribution in [-0.4, -0.2) is 53.0 Å². The van der Waals surface area contributed by atoms with Crippen LogP contribution in [0, 0.1) is 0 Å². The molecular formula is C28H33NO5S. The van der Waals surface area contributed by atoms with Gasteiger partial charge in [0.05, 0.1) is 31.0 Å². The smallest absolute Gasteiger partial charge is 0.181 e. The fraction of sp³-hybridized carbons (Fsp3) is 0.357. The molecule has 3 aromatic carbocycles. The van der Waals surface area contributed by atoms with E-state index in [0.717, 1.165) is 53.4 Å². The Kier molecular flexibility index (Phi) is 8.11. The highest BCUT2D eigenvalue weighted by Crippen LogP contribution is 2.29. The number of piperidine rings is 1. The normalized spacial score (nSPS) is 15.2. The van der Waals surface area contributed by atoms with E-state index in [-0.39, 0.29) is 5.25 Å². The molecule has 0 saturated carbocycles. The van der Waals surface area contributed by atoms with Gasteiger partial charge >= 0.3 is 0 Å². The second-order valence-electron chi connectivity index (χ2n) is 8.90. The van der Waals surface area contributed by atoms with Crippen LogP contribution in [-0.2, 0) is 27.7 Å². The van der Waals surface area contributed by atoms with E-state index < -0.39 is 9.84 Å². The molecule has 0 atom stereocenters. The Morgan fingerprint density at radius 2 is 1.31 bits per heavy atom. The molecule has 4 rings (SSSR count). The van der Waals surface area contributed by atoms with Gasteiger partial charge in [-0.05, 0) is 72.5 Å². The lowest BCUT2D eigenvalue weighted by atomic mass is 10.0. The van der Waals surface area contributed by atoms with Crippen molar-refractivity contribution in [3.63, 3.8) is 0 Å². The number of ether oxygens (including phenoxy) is 3. The van der Waals surface area contributed by atoms with Gasteiger partial charge in [-0.1, -0.05) is 36.4 Å². The van der Waals surface area contributed by atoms with E-state index in [9.17, 15) is 8.42 Å². The maximum atomic E-state index is 13.3. The van der Waals surface area contributed by atoms with Gasteiger partial charge in [-0.25, -0.2) is 8.42 Å². The van der Waals surface area contributed by atoms with Gasteiger partial charge in [0, 0.05) is 19.7 Å². The van der Waals surface area contributed by atoms with Gasteiger partial charge in [-0.15, -0.1) is 0 Å². The van der Waals surface area contributed by atoms with E-state index in [2.05, 4.69) is 4.90 Å². The summed E-state index contributed by atoms with van der Waals surface area (Å²) in [5, 5.41) is -0.363. The third kappa shape index (κ3) is 6.04. The minimum absolute atomic E-state index is 0.363. The number of nitrogens with zero attached hydrogens (tertiary/aromatic N) is 1. The molecule has 0 amide bonds. The molecule has 1 aliphatic heterocycles. The standard InChI is InChI=1S/C28H33NO5S/c1-32-20-21-4-6-23(7-5-21)24-8-10-27(11-9-24)35(30,31)28-12-14-29(15-13-28)19-22-16-25(33-2)18-26(17-22)34-3/h4-11,16-18,28H,12-15,19-20H2,1-3H3. The van der Waals surface area contributed by atoms with Crippen LogP contribution in [0.1, 0.15) is 24.0 Å². The van der Waals surface area contributed by atoms with Crippen LogP contribution in [0.5, 0.6) is 11.5 Å². The molecule has 7 heteroatoms. The lowest BCUT2D eigenvalue weighted by Gasteiger charge is -2.31. The first kappa shape index (κ1) is 25.2. The first-order valence-corrected chi connectivity index (χ1v) is 13.3. The van der Waals surface area contributed by atoms with Gasteiger partial charge in [-0.3, -0.25) is 4.90 Å². The Morgan fingerprint density at radius 3 is 1.83 bits per heavy atom. The van der Waals surface area contributed by atoms with E-state index >= 15 is 0 Å². The fourth-order valence-corrected chi connectivity index (χ4v) is 6.31. The zero-order chi connectivity index (χ0) is 24.8. The van der Waals surface area contributed by atoms with Crippen LogP contribution >= 0.6 is 0 Å². The molecule has 35 heavy (non-hydrogen) atoms. The van der Waals surface area contributed by atoms with Crippen LogP contribution in [0.2, 0.25) is 0 Å². The van der Waals surface area contributed by atoms with Crippen LogP contribution in [0.15, 0.2) is 71.6 Å². The molecule has 6 nitrogen and oxygen atoms in total.